The van der Waals surface area contributed by atoms with Crippen LogP contribution in [0.1, 0.15) is 0 Å². The fourth-order valence-electron chi connectivity index (χ4n) is 6.33. The maximum Gasteiger partial charge on any atom is 0.227 e. The molecular weight excluding hydrogens is 552 g/mol. The second-order valence-electron chi connectivity index (χ2n) is 11.2. The number of furan rings is 1. The van der Waals surface area contributed by atoms with Crippen molar-refractivity contribution in [3.8, 4) is 22.6 Å². The van der Waals surface area contributed by atoms with Gasteiger partial charge in [-0.1, -0.05) is 103 Å². The third-order valence-electron chi connectivity index (χ3n) is 8.46. The summed E-state index contributed by atoms with van der Waals surface area (Å²) in [5.74, 6) is 0.592. The van der Waals surface area contributed by atoms with Crippen LogP contribution < -0.4 is 4.90 Å². The van der Waals surface area contributed by atoms with Crippen LogP contribution in [0.25, 0.3) is 66.4 Å². The van der Waals surface area contributed by atoms with Gasteiger partial charge in [0.2, 0.25) is 5.89 Å². The number of rotatable bonds is 5. The predicted molar refractivity (Wildman–Crippen MR) is 184 cm³/mol. The molecule has 0 spiro atoms. The monoisotopic (exact) mass is 578 g/mol. The van der Waals surface area contributed by atoms with E-state index in [0.717, 1.165) is 77.6 Å². The van der Waals surface area contributed by atoms with Crippen molar-refractivity contribution in [3.63, 3.8) is 0 Å². The molecule has 0 N–H and O–H groups in total. The molecule has 0 aliphatic rings. The summed E-state index contributed by atoms with van der Waals surface area (Å²) in [7, 11) is 0. The molecule has 0 saturated heterocycles. The van der Waals surface area contributed by atoms with Crippen LogP contribution >= 0.6 is 0 Å². The van der Waals surface area contributed by atoms with Crippen molar-refractivity contribution in [1.82, 2.24) is 4.98 Å². The van der Waals surface area contributed by atoms with Crippen molar-refractivity contribution in [2.24, 2.45) is 0 Å². The molecule has 9 rings (SSSR count). The van der Waals surface area contributed by atoms with E-state index in [0.29, 0.717) is 5.89 Å². The second-order valence-corrected chi connectivity index (χ2v) is 11.2. The summed E-state index contributed by atoms with van der Waals surface area (Å²) in [6.45, 7) is 0. The molecule has 0 atom stereocenters. The van der Waals surface area contributed by atoms with Crippen molar-refractivity contribution in [2.75, 3.05) is 4.90 Å². The number of nitrogens with zero attached hydrogens (tertiary/aromatic N) is 2. The van der Waals surface area contributed by atoms with E-state index in [-0.39, 0.29) is 0 Å². The molecule has 0 fully saturated rings. The Morgan fingerprint density at radius 3 is 1.96 bits per heavy atom. The molecular formula is C41H26N2O2. The first-order chi connectivity index (χ1) is 22.3. The fraction of sp³-hybridized carbons (Fsp3) is 0. The zero-order chi connectivity index (χ0) is 29.7. The zero-order valence-corrected chi connectivity index (χ0v) is 24.2. The number of para-hydroxylation sites is 1. The molecule has 212 valence electrons. The maximum absolute atomic E-state index is 6.69. The third kappa shape index (κ3) is 4.27. The number of aromatic nitrogens is 1. The second kappa shape index (κ2) is 10.2. The predicted octanol–water partition coefficient (Wildman–Crippen LogP) is 11.7. The van der Waals surface area contributed by atoms with E-state index in [1.165, 1.54) is 0 Å². The summed E-state index contributed by atoms with van der Waals surface area (Å²) >= 11 is 0. The van der Waals surface area contributed by atoms with Gasteiger partial charge in [-0.3, -0.25) is 0 Å². The summed E-state index contributed by atoms with van der Waals surface area (Å²) in [5.41, 5.74) is 9.34. The van der Waals surface area contributed by atoms with Crippen molar-refractivity contribution in [3.05, 3.63) is 158 Å². The fourth-order valence-corrected chi connectivity index (χ4v) is 6.33. The van der Waals surface area contributed by atoms with Gasteiger partial charge in [-0.15, -0.1) is 0 Å². The molecule has 2 aromatic heterocycles. The van der Waals surface area contributed by atoms with E-state index in [1.54, 1.807) is 0 Å². The molecule has 0 saturated carbocycles. The van der Waals surface area contributed by atoms with Gasteiger partial charge in [-0.25, -0.2) is 4.98 Å². The molecule has 0 aliphatic carbocycles. The van der Waals surface area contributed by atoms with Crippen LogP contribution in [-0.2, 0) is 0 Å². The Morgan fingerprint density at radius 1 is 0.444 bits per heavy atom. The van der Waals surface area contributed by atoms with Gasteiger partial charge in [0.25, 0.3) is 0 Å². The van der Waals surface area contributed by atoms with Gasteiger partial charge in [0.05, 0.1) is 11.4 Å². The van der Waals surface area contributed by atoms with Crippen LogP contribution in [0.2, 0.25) is 0 Å². The number of anilines is 3. The highest BCUT2D eigenvalue weighted by Gasteiger charge is 2.23. The lowest BCUT2D eigenvalue weighted by molar-refractivity contribution is 0.620. The average molecular weight is 579 g/mol. The van der Waals surface area contributed by atoms with Crippen LogP contribution in [0.3, 0.4) is 0 Å². The van der Waals surface area contributed by atoms with Crippen LogP contribution in [0.15, 0.2) is 167 Å². The Kier molecular flexibility index (Phi) is 5.78. The highest BCUT2D eigenvalue weighted by molar-refractivity contribution is 6.12. The molecule has 0 aliphatic heterocycles. The Bertz CT molecular complexity index is 2490. The maximum atomic E-state index is 6.69. The van der Waals surface area contributed by atoms with Gasteiger partial charge in [0, 0.05) is 33.5 Å². The molecule has 2 heterocycles. The van der Waals surface area contributed by atoms with Crippen LogP contribution in [0.4, 0.5) is 17.1 Å². The molecule has 0 amide bonds. The Balaban J connectivity index is 1.33. The molecule has 4 nitrogen and oxygen atoms in total. The molecule has 0 unspecified atom stereocenters. The number of hydrogen-bond acceptors (Lipinski definition) is 4. The van der Waals surface area contributed by atoms with E-state index in [1.807, 2.05) is 54.6 Å². The van der Waals surface area contributed by atoms with Crippen molar-refractivity contribution in [2.45, 2.75) is 0 Å². The lowest BCUT2D eigenvalue weighted by Gasteiger charge is -2.26. The Labute approximate surface area is 259 Å². The zero-order valence-electron chi connectivity index (χ0n) is 24.2. The first kappa shape index (κ1) is 25.4. The highest BCUT2D eigenvalue weighted by atomic mass is 16.3. The van der Waals surface area contributed by atoms with Gasteiger partial charge in [-0.05, 0) is 65.0 Å². The number of benzene rings is 7. The molecule has 7 aromatic carbocycles. The largest absolute Gasteiger partial charge is 0.456 e. The van der Waals surface area contributed by atoms with E-state index in [9.17, 15) is 0 Å². The first-order valence-electron chi connectivity index (χ1n) is 15.0. The summed E-state index contributed by atoms with van der Waals surface area (Å²) in [6, 6.07) is 54.4. The highest BCUT2D eigenvalue weighted by Crippen LogP contribution is 2.45. The van der Waals surface area contributed by atoms with Gasteiger partial charge in [0.1, 0.15) is 16.7 Å². The SMILES string of the molecule is c1ccc(-c2cccc(N(c3ccc4c(c3)oc3ccccc34)c3cc4ccccc4c4nc(-c5ccccc5)oc34)c2)cc1. The van der Waals surface area contributed by atoms with Gasteiger partial charge in [0.15, 0.2) is 5.58 Å². The quantitative estimate of drug-likeness (QED) is 0.204. The van der Waals surface area contributed by atoms with Gasteiger partial charge in [-0.2, -0.15) is 0 Å². The molecule has 4 heteroatoms. The molecule has 0 radical (unpaired) electrons. The van der Waals surface area contributed by atoms with Crippen LogP contribution in [-0.4, -0.2) is 4.98 Å². The number of fused-ring (bicyclic) bond motifs is 6. The van der Waals surface area contributed by atoms with E-state index >= 15 is 0 Å². The standard InChI is InChI=1S/C41H26N2O2/c1-3-12-27(13-4-1)29-17-11-18-31(24-29)43(32-22-23-35-34-20-9-10-21-37(34)44-38(35)26-32)36-25-30-16-7-8-19-33(30)39-40(36)45-41(42-39)28-14-5-2-6-15-28/h1-26H. The van der Waals surface area contributed by atoms with Gasteiger partial charge < -0.3 is 13.7 Å². The summed E-state index contributed by atoms with van der Waals surface area (Å²) in [4.78, 5) is 7.33. The minimum Gasteiger partial charge on any atom is -0.456 e. The summed E-state index contributed by atoms with van der Waals surface area (Å²) in [5, 5.41) is 4.32. The Morgan fingerprint density at radius 2 is 1.11 bits per heavy atom. The smallest absolute Gasteiger partial charge is 0.227 e. The number of hydrogen-bond donors (Lipinski definition) is 0. The lowest BCUT2D eigenvalue weighted by atomic mass is 10.0. The van der Waals surface area contributed by atoms with Crippen LogP contribution in [0, 0.1) is 0 Å². The lowest BCUT2D eigenvalue weighted by Crippen LogP contribution is -2.10. The number of oxazole rings is 1. The van der Waals surface area contributed by atoms with Gasteiger partial charge >= 0.3 is 0 Å². The van der Waals surface area contributed by atoms with E-state index < -0.39 is 0 Å². The minimum absolute atomic E-state index is 0.592. The average Bonchev–Trinajstić information content (AvgIpc) is 3.72. The normalized spacial score (nSPS) is 11.6. The molecule has 45 heavy (non-hydrogen) atoms. The third-order valence-corrected chi connectivity index (χ3v) is 8.46. The molecule has 0 bridgehead atoms. The van der Waals surface area contributed by atoms with Crippen molar-refractivity contribution < 1.29 is 8.83 Å². The minimum atomic E-state index is 0.592. The van der Waals surface area contributed by atoms with Crippen LogP contribution in [0.5, 0.6) is 0 Å². The van der Waals surface area contributed by atoms with E-state index in [2.05, 4.69) is 108 Å². The Hall–Kier alpha value is -6.13. The summed E-state index contributed by atoms with van der Waals surface area (Å²) in [6.07, 6.45) is 0. The van der Waals surface area contributed by atoms with Crippen molar-refractivity contribution in [1.29, 1.82) is 0 Å². The van der Waals surface area contributed by atoms with E-state index in [4.69, 9.17) is 13.8 Å². The summed E-state index contributed by atoms with van der Waals surface area (Å²) < 4.78 is 13.1. The topological polar surface area (TPSA) is 42.4 Å². The van der Waals surface area contributed by atoms with Crippen molar-refractivity contribution >= 4 is 60.9 Å². The first-order valence-corrected chi connectivity index (χ1v) is 15.0. The molecule has 9 aromatic rings.